The fraction of sp³-hybridized carbons (Fsp3) is 0.333. The number of ether oxygens (including phenoxy) is 1. The number of anilines is 2. The fourth-order valence-electron chi connectivity index (χ4n) is 4.05. The quantitative estimate of drug-likeness (QED) is 0.783. The highest BCUT2D eigenvalue weighted by Gasteiger charge is 2.50. The molecule has 2 aromatic carbocycles. The van der Waals surface area contributed by atoms with E-state index in [0.29, 0.717) is 5.11 Å². The predicted molar refractivity (Wildman–Crippen MR) is 112 cm³/mol. The van der Waals surface area contributed by atoms with E-state index >= 15 is 0 Å². The summed E-state index contributed by atoms with van der Waals surface area (Å²) in [5.41, 5.74) is 3.19. The van der Waals surface area contributed by atoms with Crippen molar-refractivity contribution >= 4 is 34.5 Å². The van der Waals surface area contributed by atoms with Gasteiger partial charge in [0, 0.05) is 11.4 Å². The van der Waals surface area contributed by atoms with Crippen LogP contribution < -0.4 is 15.0 Å². The average molecular weight is 366 g/mol. The summed E-state index contributed by atoms with van der Waals surface area (Å²) in [7, 11) is 1.68. The van der Waals surface area contributed by atoms with Gasteiger partial charge in [-0.25, -0.2) is 4.99 Å². The number of aryl methyl sites for hydroxylation is 1. The number of hydrogen-bond donors (Lipinski definition) is 1. The second kappa shape index (κ2) is 6.72. The van der Waals surface area contributed by atoms with Gasteiger partial charge in [-0.05, 0) is 73.9 Å². The molecule has 2 aliphatic rings. The van der Waals surface area contributed by atoms with E-state index in [1.165, 1.54) is 18.4 Å². The van der Waals surface area contributed by atoms with E-state index in [-0.39, 0.29) is 5.54 Å². The van der Waals surface area contributed by atoms with Gasteiger partial charge in [-0.2, -0.15) is 0 Å². The standard InChI is InChI=1S/C21H23N3OS/c1-15-6-5-7-16(14-15)22-19-21(12-3-4-13-21)24(20(26)23-19)17-8-10-18(25-2)11-9-17/h5-11,14H,3-4,12-13H2,1-2H3,(H,22,23,26). The number of thiocarbonyl (C=S) groups is 1. The Morgan fingerprint density at radius 1 is 1.12 bits per heavy atom. The van der Waals surface area contributed by atoms with Gasteiger partial charge in [0.25, 0.3) is 0 Å². The predicted octanol–water partition coefficient (Wildman–Crippen LogP) is 4.93. The van der Waals surface area contributed by atoms with E-state index in [4.69, 9.17) is 21.9 Å². The maximum atomic E-state index is 5.68. The van der Waals surface area contributed by atoms with Crippen LogP contribution in [0, 0.1) is 6.92 Å². The molecule has 0 unspecified atom stereocenters. The summed E-state index contributed by atoms with van der Waals surface area (Å²) in [5, 5.41) is 4.19. The van der Waals surface area contributed by atoms with Crippen molar-refractivity contribution in [2.45, 2.75) is 38.1 Å². The van der Waals surface area contributed by atoms with Gasteiger partial charge < -0.3 is 15.0 Å². The van der Waals surface area contributed by atoms with Gasteiger partial charge in [0.15, 0.2) is 0 Å². The monoisotopic (exact) mass is 365 g/mol. The lowest BCUT2D eigenvalue weighted by molar-refractivity contribution is 0.415. The first kappa shape index (κ1) is 17.0. The zero-order valence-electron chi connectivity index (χ0n) is 15.2. The molecule has 5 heteroatoms. The smallest absolute Gasteiger partial charge is 0.202 e. The molecule has 26 heavy (non-hydrogen) atoms. The summed E-state index contributed by atoms with van der Waals surface area (Å²) in [6, 6.07) is 16.5. The molecular weight excluding hydrogens is 342 g/mol. The Morgan fingerprint density at radius 2 is 1.85 bits per heavy atom. The summed E-state index contributed by atoms with van der Waals surface area (Å²) in [5.74, 6) is 1.82. The summed E-state index contributed by atoms with van der Waals surface area (Å²) in [6.45, 7) is 2.10. The number of amidine groups is 1. The molecule has 1 heterocycles. The van der Waals surface area contributed by atoms with Gasteiger partial charge in [0.1, 0.15) is 17.1 Å². The Hall–Kier alpha value is -2.40. The minimum atomic E-state index is -0.171. The van der Waals surface area contributed by atoms with E-state index in [1.807, 2.05) is 12.1 Å². The van der Waals surface area contributed by atoms with Crippen molar-refractivity contribution in [2.75, 3.05) is 17.3 Å². The SMILES string of the molecule is COc1ccc(N2C(=S)N=C(Nc3cccc(C)c3)C23CCCC3)cc1. The molecule has 0 bridgehead atoms. The molecule has 2 aromatic rings. The number of nitrogens with one attached hydrogen (secondary N) is 1. The Labute approximate surface area is 159 Å². The Kier molecular flexibility index (Phi) is 4.41. The summed E-state index contributed by atoms with van der Waals surface area (Å²) in [6.07, 6.45) is 4.47. The van der Waals surface area contributed by atoms with Crippen molar-refractivity contribution in [1.82, 2.24) is 0 Å². The molecule has 0 saturated heterocycles. The Bertz CT molecular complexity index is 854. The number of hydrogen-bond acceptors (Lipinski definition) is 3. The molecule has 0 radical (unpaired) electrons. The van der Waals surface area contributed by atoms with E-state index in [0.717, 1.165) is 35.8 Å². The highest BCUT2D eigenvalue weighted by molar-refractivity contribution is 7.80. The maximum absolute atomic E-state index is 5.68. The first-order chi connectivity index (χ1) is 12.6. The molecule has 4 rings (SSSR count). The van der Waals surface area contributed by atoms with E-state index in [1.54, 1.807) is 7.11 Å². The third kappa shape index (κ3) is 2.86. The maximum Gasteiger partial charge on any atom is 0.202 e. The van der Waals surface area contributed by atoms with Crippen molar-refractivity contribution in [3.63, 3.8) is 0 Å². The second-order valence-corrected chi connectivity index (χ2v) is 7.37. The van der Waals surface area contributed by atoms with Gasteiger partial charge in [-0.15, -0.1) is 0 Å². The van der Waals surface area contributed by atoms with Crippen molar-refractivity contribution in [3.8, 4) is 5.75 Å². The number of benzene rings is 2. The molecular formula is C21H23N3OS. The minimum absolute atomic E-state index is 0.171. The van der Waals surface area contributed by atoms with E-state index in [9.17, 15) is 0 Å². The zero-order chi connectivity index (χ0) is 18.1. The summed E-state index contributed by atoms with van der Waals surface area (Å²) >= 11 is 5.68. The summed E-state index contributed by atoms with van der Waals surface area (Å²) < 4.78 is 5.29. The van der Waals surface area contributed by atoms with Crippen LogP contribution in [0.25, 0.3) is 0 Å². The highest BCUT2D eigenvalue weighted by atomic mass is 32.1. The number of aliphatic imine (C=N–C) groups is 1. The lowest BCUT2D eigenvalue weighted by atomic mass is 9.93. The van der Waals surface area contributed by atoms with E-state index in [2.05, 4.69) is 53.5 Å². The molecule has 1 N–H and O–H groups in total. The fourth-order valence-corrected chi connectivity index (χ4v) is 4.42. The van der Waals surface area contributed by atoms with Gasteiger partial charge in [-0.3, -0.25) is 0 Å². The van der Waals surface area contributed by atoms with Crippen molar-refractivity contribution < 1.29 is 4.74 Å². The van der Waals surface area contributed by atoms with Crippen LogP contribution in [0.2, 0.25) is 0 Å². The Morgan fingerprint density at radius 3 is 2.50 bits per heavy atom. The molecule has 0 aromatic heterocycles. The molecule has 0 amide bonds. The number of methoxy groups -OCH3 is 1. The number of nitrogens with zero attached hydrogens (tertiary/aromatic N) is 2. The topological polar surface area (TPSA) is 36.9 Å². The third-order valence-corrected chi connectivity index (χ3v) is 5.58. The lowest BCUT2D eigenvalue weighted by Crippen LogP contribution is -2.52. The molecule has 0 atom stereocenters. The largest absolute Gasteiger partial charge is 0.497 e. The lowest BCUT2D eigenvalue weighted by Gasteiger charge is -2.37. The van der Waals surface area contributed by atoms with Gasteiger partial charge in [-0.1, -0.05) is 25.0 Å². The first-order valence-corrected chi connectivity index (χ1v) is 9.44. The van der Waals surface area contributed by atoms with Crippen LogP contribution in [0.4, 0.5) is 11.4 Å². The molecule has 1 fully saturated rings. The second-order valence-electron chi connectivity index (χ2n) is 7.01. The summed E-state index contributed by atoms with van der Waals surface area (Å²) in [4.78, 5) is 7.01. The van der Waals surface area contributed by atoms with Crippen molar-refractivity contribution in [3.05, 3.63) is 54.1 Å². The van der Waals surface area contributed by atoms with Crippen LogP contribution in [-0.4, -0.2) is 23.6 Å². The van der Waals surface area contributed by atoms with Crippen molar-refractivity contribution in [1.29, 1.82) is 0 Å². The van der Waals surface area contributed by atoms with Crippen LogP contribution in [0.1, 0.15) is 31.2 Å². The van der Waals surface area contributed by atoms with Crippen LogP contribution in [0.15, 0.2) is 53.5 Å². The van der Waals surface area contributed by atoms with Crippen LogP contribution in [-0.2, 0) is 0 Å². The molecule has 1 saturated carbocycles. The number of rotatable bonds is 3. The molecule has 1 aliphatic carbocycles. The van der Waals surface area contributed by atoms with Gasteiger partial charge >= 0.3 is 0 Å². The van der Waals surface area contributed by atoms with Crippen LogP contribution in [0.3, 0.4) is 0 Å². The molecule has 4 nitrogen and oxygen atoms in total. The van der Waals surface area contributed by atoms with Crippen LogP contribution in [0.5, 0.6) is 5.75 Å². The van der Waals surface area contributed by atoms with Crippen LogP contribution >= 0.6 is 12.2 Å². The molecule has 1 spiro atoms. The third-order valence-electron chi connectivity index (χ3n) is 5.31. The van der Waals surface area contributed by atoms with Gasteiger partial charge in [0.2, 0.25) is 5.11 Å². The normalized spacial score (nSPS) is 18.3. The minimum Gasteiger partial charge on any atom is -0.497 e. The van der Waals surface area contributed by atoms with Crippen molar-refractivity contribution in [2.24, 2.45) is 4.99 Å². The first-order valence-electron chi connectivity index (χ1n) is 9.03. The Balaban J connectivity index is 1.69. The molecule has 1 aliphatic heterocycles. The zero-order valence-corrected chi connectivity index (χ0v) is 16.0. The highest BCUT2D eigenvalue weighted by Crippen LogP contribution is 2.43. The van der Waals surface area contributed by atoms with Gasteiger partial charge in [0.05, 0.1) is 7.11 Å². The van der Waals surface area contributed by atoms with E-state index < -0.39 is 0 Å². The average Bonchev–Trinajstić information content (AvgIpc) is 3.22. The molecule has 134 valence electrons.